The second-order valence-corrected chi connectivity index (χ2v) is 3.52. The number of hydrogen-bond acceptors (Lipinski definition) is 2. The van der Waals surface area contributed by atoms with Gasteiger partial charge in [-0.25, -0.2) is 0 Å². The van der Waals surface area contributed by atoms with Crippen LogP contribution in [-0.2, 0) is 0 Å². The lowest BCUT2D eigenvalue weighted by Gasteiger charge is -2.25. The van der Waals surface area contributed by atoms with Crippen LogP contribution in [0.5, 0.6) is 0 Å². The van der Waals surface area contributed by atoms with Crippen LogP contribution in [0.1, 0.15) is 6.92 Å². The molecule has 1 rings (SSSR count). The molecule has 1 aliphatic rings. The van der Waals surface area contributed by atoms with E-state index in [4.69, 9.17) is 0 Å². The molecule has 1 unspecified atom stereocenters. The van der Waals surface area contributed by atoms with E-state index >= 15 is 0 Å². The third kappa shape index (κ3) is 2.31. The van der Waals surface area contributed by atoms with E-state index in [1.807, 2.05) is 14.0 Å². The van der Waals surface area contributed by atoms with Gasteiger partial charge in [0.15, 0.2) is 0 Å². The maximum atomic E-state index is 9.65. The maximum Gasteiger partial charge on any atom is 0.114 e. The van der Waals surface area contributed by atoms with Gasteiger partial charge in [0.1, 0.15) is 7.28 Å². The van der Waals surface area contributed by atoms with Crippen LogP contribution >= 0.6 is 0 Å². The minimum atomic E-state index is -0.495. The van der Waals surface area contributed by atoms with Gasteiger partial charge in [-0.1, -0.05) is 12.6 Å². The van der Waals surface area contributed by atoms with Crippen molar-refractivity contribution in [1.82, 2.24) is 4.90 Å². The highest BCUT2D eigenvalue weighted by Gasteiger charge is 2.24. The van der Waals surface area contributed by atoms with E-state index in [9.17, 15) is 5.11 Å². The van der Waals surface area contributed by atoms with Gasteiger partial charge in [-0.2, -0.15) is 0 Å². The van der Waals surface area contributed by atoms with E-state index in [1.165, 1.54) is 0 Å². The highest BCUT2D eigenvalue weighted by atomic mass is 16.3. The molecule has 1 N–H and O–H groups in total. The summed E-state index contributed by atoms with van der Waals surface area (Å²) >= 11 is 0. The number of β-amino-alcohol motifs (C(OH)–C–C–N with tert-alkyl or cyclic N) is 1. The van der Waals surface area contributed by atoms with Crippen LogP contribution in [0.4, 0.5) is 0 Å². The standard InChI is InChI=1S/C7H15BNO/c1-7(10)5-8-3-4-9(2)6-7/h10H,3-6H2,1-2H3. The van der Waals surface area contributed by atoms with Crippen LogP contribution in [0, 0.1) is 0 Å². The van der Waals surface area contributed by atoms with Crippen LogP contribution in [0.3, 0.4) is 0 Å². The molecular weight excluding hydrogens is 125 g/mol. The zero-order valence-electron chi connectivity index (χ0n) is 6.80. The fraction of sp³-hybridized carbons (Fsp3) is 1.00. The van der Waals surface area contributed by atoms with Crippen LogP contribution in [0.2, 0.25) is 12.6 Å². The number of hydrogen-bond donors (Lipinski definition) is 1. The molecule has 0 aliphatic carbocycles. The first-order valence-electron chi connectivity index (χ1n) is 3.83. The molecule has 0 bridgehead atoms. The molecule has 1 radical (unpaired) electrons. The van der Waals surface area contributed by atoms with E-state index in [0.717, 1.165) is 25.7 Å². The molecule has 57 valence electrons. The Labute approximate surface area is 63.5 Å². The van der Waals surface area contributed by atoms with Crippen molar-refractivity contribution in [3.05, 3.63) is 0 Å². The van der Waals surface area contributed by atoms with Crippen LogP contribution in [0.15, 0.2) is 0 Å². The Morgan fingerprint density at radius 1 is 1.60 bits per heavy atom. The zero-order valence-corrected chi connectivity index (χ0v) is 6.80. The molecule has 0 aromatic rings. The summed E-state index contributed by atoms with van der Waals surface area (Å²) in [6.45, 7) is 3.77. The molecule has 1 atom stereocenters. The molecule has 1 heterocycles. The Balaban J connectivity index is 2.46. The first-order chi connectivity index (χ1) is 4.60. The van der Waals surface area contributed by atoms with Gasteiger partial charge in [-0.05, 0) is 20.5 Å². The monoisotopic (exact) mass is 140 g/mol. The third-order valence-corrected chi connectivity index (χ3v) is 1.91. The van der Waals surface area contributed by atoms with Crippen LogP contribution in [0.25, 0.3) is 0 Å². The van der Waals surface area contributed by atoms with Crippen molar-refractivity contribution in [2.45, 2.75) is 25.2 Å². The van der Waals surface area contributed by atoms with Gasteiger partial charge in [-0.3, -0.25) is 0 Å². The second kappa shape index (κ2) is 2.93. The van der Waals surface area contributed by atoms with Crippen LogP contribution in [-0.4, -0.2) is 43.0 Å². The molecule has 0 spiro atoms. The summed E-state index contributed by atoms with van der Waals surface area (Å²) in [5.74, 6) is 0. The minimum absolute atomic E-state index is 0.495. The van der Waals surface area contributed by atoms with Crippen molar-refractivity contribution in [3.63, 3.8) is 0 Å². The van der Waals surface area contributed by atoms with Gasteiger partial charge < -0.3 is 10.0 Å². The predicted octanol–water partition coefficient (Wildman–Crippen LogP) is 0.224. The fourth-order valence-electron chi connectivity index (χ4n) is 1.45. The highest BCUT2D eigenvalue weighted by Crippen LogP contribution is 2.15. The molecule has 1 aliphatic heterocycles. The molecule has 0 saturated carbocycles. The summed E-state index contributed by atoms with van der Waals surface area (Å²) in [5.41, 5.74) is -0.495. The second-order valence-electron chi connectivity index (χ2n) is 3.52. The molecule has 3 heteroatoms. The molecule has 0 aromatic heterocycles. The lowest BCUT2D eigenvalue weighted by molar-refractivity contribution is 0.0500. The fourth-order valence-corrected chi connectivity index (χ4v) is 1.45. The molecule has 0 aromatic carbocycles. The van der Waals surface area contributed by atoms with E-state index in [2.05, 4.69) is 12.2 Å². The first kappa shape index (κ1) is 8.09. The van der Waals surface area contributed by atoms with Crippen molar-refractivity contribution >= 4 is 7.28 Å². The minimum Gasteiger partial charge on any atom is -0.390 e. The summed E-state index contributed by atoms with van der Waals surface area (Å²) in [7, 11) is 4.22. The van der Waals surface area contributed by atoms with E-state index in [0.29, 0.717) is 0 Å². The largest absolute Gasteiger partial charge is 0.390 e. The van der Waals surface area contributed by atoms with Gasteiger partial charge in [0, 0.05) is 6.54 Å². The SMILES string of the molecule is CN1CC[B]CC(C)(O)C1. The van der Waals surface area contributed by atoms with Crippen molar-refractivity contribution in [2.24, 2.45) is 0 Å². The molecule has 10 heavy (non-hydrogen) atoms. The molecule has 0 amide bonds. The Hall–Kier alpha value is -0.0151. The van der Waals surface area contributed by atoms with Gasteiger partial charge >= 0.3 is 0 Å². The summed E-state index contributed by atoms with van der Waals surface area (Å²) in [4.78, 5) is 2.17. The molecule has 1 saturated heterocycles. The quantitative estimate of drug-likeness (QED) is 0.486. The topological polar surface area (TPSA) is 23.5 Å². The number of aliphatic hydroxyl groups is 1. The number of nitrogens with zero attached hydrogens (tertiary/aromatic N) is 1. The predicted molar refractivity (Wildman–Crippen MR) is 43.5 cm³/mol. The molecule has 2 nitrogen and oxygen atoms in total. The smallest absolute Gasteiger partial charge is 0.114 e. The van der Waals surface area contributed by atoms with Crippen molar-refractivity contribution < 1.29 is 5.11 Å². The van der Waals surface area contributed by atoms with Gasteiger partial charge in [0.25, 0.3) is 0 Å². The normalized spacial score (nSPS) is 36.7. The van der Waals surface area contributed by atoms with E-state index < -0.39 is 5.60 Å². The zero-order chi connectivity index (χ0) is 7.61. The average Bonchev–Trinajstić information content (AvgIpc) is 1.90. The summed E-state index contributed by atoms with van der Waals surface area (Å²) in [6.07, 6.45) is 1.93. The van der Waals surface area contributed by atoms with Gasteiger partial charge in [0.05, 0.1) is 5.60 Å². The van der Waals surface area contributed by atoms with Crippen molar-refractivity contribution in [1.29, 1.82) is 0 Å². The Kier molecular flexibility index (Phi) is 2.37. The van der Waals surface area contributed by atoms with E-state index in [-0.39, 0.29) is 0 Å². The maximum absolute atomic E-state index is 9.65. The van der Waals surface area contributed by atoms with Crippen LogP contribution < -0.4 is 0 Å². The molecular formula is C7H15BNO. The van der Waals surface area contributed by atoms with Gasteiger partial charge in [0.2, 0.25) is 0 Å². The van der Waals surface area contributed by atoms with Gasteiger partial charge in [-0.15, -0.1) is 0 Å². The van der Waals surface area contributed by atoms with Crippen molar-refractivity contribution in [3.8, 4) is 0 Å². The van der Waals surface area contributed by atoms with Crippen molar-refractivity contribution in [2.75, 3.05) is 20.1 Å². The Morgan fingerprint density at radius 3 is 3.00 bits per heavy atom. The Bertz CT molecular complexity index is 116. The summed E-state index contributed by atoms with van der Waals surface area (Å²) in [6, 6.07) is 0. The average molecular weight is 140 g/mol. The lowest BCUT2D eigenvalue weighted by Crippen LogP contribution is -2.36. The third-order valence-electron chi connectivity index (χ3n) is 1.91. The lowest BCUT2D eigenvalue weighted by atomic mass is 9.67. The Morgan fingerprint density at radius 2 is 2.30 bits per heavy atom. The summed E-state index contributed by atoms with van der Waals surface area (Å²) in [5, 5.41) is 9.65. The first-order valence-corrected chi connectivity index (χ1v) is 3.83. The van der Waals surface area contributed by atoms with E-state index in [1.54, 1.807) is 0 Å². The molecule has 1 fully saturated rings. The number of rotatable bonds is 0. The summed E-state index contributed by atoms with van der Waals surface area (Å²) < 4.78 is 0. The highest BCUT2D eigenvalue weighted by molar-refractivity contribution is 6.36. The number of likely N-dealkylation sites (N-methyl/N-ethyl adjacent to an activating group) is 1.